The van der Waals surface area contributed by atoms with Crippen LogP contribution in [0.25, 0.3) is 0 Å². The van der Waals surface area contributed by atoms with Gasteiger partial charge in [-0.3, -0.25) is 4.79 Å². The Hall–Kier alpha value is -1.55. The van der Waals surface area contributed by atoms with E-state index in [2.05, 4.69) is 0 Å². The number of hydrogen-bond donors (Lipinski definition) is 1. The summed E-state index contributed by atoms with van der Waals surface area (Å²) >= 11 is 0. The summed E-state index contributed by atoms with van der Waals surface area (Å²) < 4.78 is 0. The van der Waals surface area contributed by atoms with Gasteiger partial charge in [-0.1, -0.05) is 19.1 Å². The van der Waals surface area contributed by atoms with E-state index >= 15 is 0 Å². The maximum atomic E-state index is 13.2. The molecular formula is C18H30N2O2. The zero-order valence-corrected chi connectivity index (χ0v) is 14.9. The molecule has 0 heterocycles. The van der Waals surface area contributed by atoms with Crippen molar-refractivity contribution in [2.24, 2.45) is 0 Å². The topological polar surface area (TPSA) is 43.8 Å². The van der Waals surface area contributed by atoms with Crippen molar-refractivity contribution in [2.45, 2.75) is 59.2 Å². The van der Waals surface area contributed by atoms with Gasteiger partial charge in [0.25, 0.3) is 5.91 Å². The summed E-state index contributed by atoms with van der Waals surface area (Å²) in [5.41, 5.74) is 2.18. The number of rotatable bonds is 6. The summed E-state index contributed by atoms with van der Waals surface area (Å²) in [6.07, 6.45) is -0.0411. The molecule has 4 nitrogen and oxygen atoms in total. The Labute approximate surface area is 134 Å². The molecule has 0 saturated carbocycles. The van der Waals surface area contributed by atoms with Crippen LogP contribution in [0.2, 0.25) is 0 Å². The van der Waals surface area contributed by atoms with Gasteiger partial charge in [-0.2, -0.15) is 0 Å². The first-order chi connectivity index (χ1) is 10.2. The van der Waals surface area contributed by atoms with Crippen LogP contribution in [-0.2, 0) is 0 Å². The van der Waals surface area contributed by atoms with Crippen molar-refractivity contribution in [2.75, 3.05) is 19.0 Å². The summed E-state index contributed by atoms with van der Waals surface area (Å²) in [5, 5.41) is 10.3. The zero-order chi connectivity index (χ0) is 17.0. The minimum absolute atomic E-state index is 0.0169. The molecular weight excluding hydrogens is 276 g/mol. The van der Waals surface area contributed by atoms with Crippen LogP contribution < -0.4 is 4.90 Å². The normalized spacial score (nSPS) is 12.6. The first kappa shape index (κ1) is 18.5. The molecule has 0 aliphatic rings. The van der Waals surface area contributed by atoms with Crippen molar-refractivity contribution in [3.8, 4) is 0 Å². The van der Waals surface area contributed by atoms with Crippen LogP contribution in [0.5, 0.6) is 0 Å². The molecule has 0 aliphatic heterocycles. The van der Waals surface area contributed by atoms with Gasteiger partial charge in [0.15, 0.2) is 0 Å². The van der Waals surface area contributed by atoms with Crippen molar-refractivity contribution < 1.29 is 9.90 Å². The Kier molecular flexibility index (Phi) is 6.42. The second-order valence-corrected chi connectivity index (χ2v) is 6.46. The van der Waals surface area contributed by atoms with E-state index in [9.17, 15) is 9.90 Å². The highest BCUT2D eigenvalue weighted by molar-refractivity contribution is 6.01. The SMILES string of the molecule is CCC(O)c1cccc(N(C)C)c1C(=O)N(C(C)C)C(C)C. The smallest absolute Gasteiger partial charge is 0.256 e. The van der Waals surface area contributed by atoms with E-state index in [-0.39, 0.29) is 18.0 Å². The predicted octanol–water partition coefficient (Wildman–Crippen LogP) is 3.46. The molecule has 1 aromatic rings. The van der Waals surface area contributed by atoms with Crippen LogP contribution in [0.1, 0.15) is 63.1 Å². The number of amides is 1. The maximum absolute atomic E-state index is 13.2. The van der Waals surface area contributed by atoms with Crippen LogP contribution in [-0.4, -0.2) is 42.1 Å². The highest BCUT2D eigenvalue weighted by Crippen LogP contribution is 2.30. The van der Waals surface area contributed by atoms with Gasteiger partial charge in [0.1, 0.15) is 0 Å². The molecule has 124 valence electrons. The van der Waals surface area contributed by atoms with Crippen molar-refractivity contribution in [3.05, 3.63) is 29.3 Å². The first-order valence-corrected chi connectivity index (χ1v) is 8.03. The third-order valence-electron chi connectivity index (χ3n) is 3.86. The molecule has 1 rings (SSSR count). The lowest BCUT2D eigenvalue weighted by molar-refractivity contribution is 0.0637. The monoisotopic (exact) mass is 306 g/mol. The Morgan fingerprint density at radius 3 is 2.09 bits per heavy atom. The average molecular weight is 306 g/mol. The number of hydrogen-bond acceptors (Lipinski definition) is 3. The van der Waals surface area contributed by atoms with E-state index in [1.165, 1.54) is 0 Å². The third-order valence-corrected chi connectivity index (χ3v) is 3.86. The van der Waals surface area contributed by atoms with E-state index in [1.807, 2.05) is 76.7 Å². The highest BCUT2D eigenvalue weighted by Gasteiger charge is 2.28. The molecule has 0 spiro atoms. The van der Waals surface area contributed by atoms with Gasteiger partial charge in [0.2, 0.25) is 0 Å². The van der Waals surface area contributed by atoms with Gasteiger partial charge in [-0.15, -0.1) is 0 Å². The molecule has 0 radical (unpaired) electrons. The number of carbonyl (C=O) groups excluding carboxylic acids is 1. The van der Waals surface area contributed by atoms with Gasteiger partial charge in [-0.25, -0.2) is 0 Å². The van der Waals surface area contributed by atoms with Gasteiger partial charge in [0.05, 0.1) is 11.7 Å². The van der Waals surface area contributed by atoms with Crippen LogP contribution >= 0.6 is 0 Å². The van der Waals surface area contributed by atoms with Gasteiger partial charge < -0.3 is 14.9 Å². The number of aliphatic hydroxyl groups is 1. The fourth-order valence-corrected chi connectivity index (χ4v) is 2.86. The Bertz CT molecular complexity index is 502. The lowest BCUT2D eigenvalue weighted by Gasteiger charge is -2.33. The van der Waals surface area contributed by atoms with Crippen LogP contribution in [0.4, 0.5) is 5.69 Å². The van der Waals surface area contributed by atoms with Crippen LogP contribution in [0, 0.1) is 0 Å². The van der Waals surface area contributed by atoms with Crippen molar-refractivity contribution in [1.29, 1.82) is 0 Å². The highest BCUT2D eigenvalue weighted by atomic mass is 16.3. The number of anilines is 1. The van der Waals surface area contributed by atoms with E-state index < -0.39 is 6.10 Å². The summed E-state index contributed by atoms with van der Waals surface area (Å²) in [7, 11) is 3.84. The van der Waals surface area contributed by atoms with Gasteiger partial charge in [-0.05, 0) is 45.7 Å². The van der Waals surface area contributed by atoms with Crippen molar-refractivity contribution in [1.82, 2.24) is 4.90 Å². The molecule has 1 N–H and O–H groups in total. The Balaban J connectivity index is 3.50. The zero-order valence-electron chi connectivity index (χ0n) is 14.9. The lowest BCUT2D eigenvalue weighted by atomic mass is 9.96. The molecule has 1 unspecified atom stereocenters. The van der Waals surface area contributed by atoms with Crippen LogP contribution in [0.3, 0.4) is 0 Å². The molecule has 0 aliphatic carbocycles. The second-order valence-electron chi connectivity index (χ2n) is 6.46. The van der Waals surface area contributed by atoms with E-state index in [4.69, 9.17) is 0 Å². The van der Waals surface area contributed by atoms with Crippen LogP contribution in [0.15, 0.2) is 18.2 Å². The molecule has 1 aromatic carbocycles. The lowest BCUT2D eigenvalue weighted by Crippen LogP contribution is -2.43. The number of nitrogens with zero attached hydrogens (tertiary/aromatic N) is 2. The van der Waals surface area contributed by atoms with E-state index in [1.54, 1.807) is 0 Å². The molecule has 0 aromatic heterocycles. The molecule has 1 atom stereocenters. The molecule has 1 amide bonds. The molecule has 0 fully saturated rings. The summed E-state index contributed by atoms with van der Waals surface area (Å²) in [6, 6.07) is 5.89. The molecule has 0 bridgehead atoms. The summed E-state index contributed by atoms with van der Waals surface area (Å²) in [6.45, 7) is 10.0. The van der Waals surface area contributed by atoms with E-state index in [0.29, 0.717) is 17.5 Å². The first-order valence-electron chi connectivity index (χ1n) is 8.03. The van der Waals surface area contributed by atoms with Crippen molar-refractivity contribution >= 4 is 11.6 Å². The summed E-state index contributed by atoms with van der Waals surface area (Å²) in [4.78, 5) is 17.0. The van der Waals surface area contributed by atoms with Gasteiger partial charge in [0, 0.05) is 31.9 Å². The Morgan fingerprint density at radius 1 is 1.14 bits per heavy atom. The fourth-order valence-electron chi connectivity index (χ4n) is 2.86. The van der Waals surface area contributed by atoms with Crippen molar-refractivity contribution in [3.63, 3.8) is 0 Å². The third kappa shape index (κ3) is 3.80. The summed E-state index contributed by atoms with van der Waals surface area (Å²) in [5.74, 6) is -0.0169. The number of aliphatic hydroxyl groups excluding tert-OH is 1. The average Bonchev–Trinajstić information content (AvgIpc) is 2.44. The minimum atomic E-state index is -0.625. The Morgan fingerprint density at radius 2 is 1.68 bits per heavy atom. The molecule has 22 heavy (non-hydrogen) atoms. The maximum Gasteiger partial charge on any atom is 0.256 e. The standard InChI is InChI=1S/C18H30N2O2/c1-8-16(21)14-10-9-11-15(19(6)7)17(14)18(22)20(12(2)3)13(4)5/h9-13,16,21H,8H2,1-7H3. The quantitative estimate of drug-likeness (QED) is 0.875. The predicted molar refractivity (Wildman–Crippen MR) is 92.5 cm³/mol. The van der Waals surface area contributed by atoms with E-state index in [0.717, 1.165) is 5.69 Å². The number of benzene rings is 1. The van der Waals surface area contributed by atoms with Gasteiger partial charge >= 0.3 is 0 Å². The largest absolute Gasteiger partial charge is 0.388 e. The minimum Gasteiger partial charge on any atom is -0.388 e. The second kappa shape index (κ2) is 7.63. The number of carbonyl (C=O) groups is 1. The fraction of sp³-hybridized carbons (Fsp3) is 0.611. The molecule has 0 saturated heterocycles. The molecule has 4 heteroatoms.